The van der Waals surface area contributed by atoms with Crippen LogP contribution in [0.3, 0.4) is 0 Å². The van der Waals surface area contributed by atoms with Gasteiger partial charge < -0.3 is 19.7 Å². The van der Waals surface area contributed by atoms with Crippen molar-refractivity contribution in [3.63, 3.8) is 0 Å². The van der Waals surface area contributed by atoms with Crippen LogP contribution in [0.4, 0.5) is 5.82 Å². The van der Waals surface area contributed by atoms with Gasteiger partial charge in [-0.15, -0.1) is 10.2 Å². The number of benzene rings is 2. The smallest absolute Gasteiger partial charge is 0.223 e. The molecule has 0 atom stereocenters. The molecule has 1 aliphatic heterocycles. The van der Waals surface area contributed by atoms with E-state index in [1.807, 2.05) is 56.3 Å². The molecule has 1 amide bonds. The highest BCUT2D eigenvalue weighted by atomic mass is 16.5. The predicted molar refractivity (Wildman–Crippen MR) is 134 cm³/mol. The first-order chi connectivity index (χ1) is 17.1. The highest BCUT2D eigenvalue weighted by Gasteiger charge is 2.27. The average molecular weight is 475 g/mol. The van der Waals surface area contributed by atoms with Crippen LogP contribution in [-0.2, 0) is 11.3 Å². The number of nitrogens with zero attached hydrogens (tertiary/aromatic N) is 5. The number of carbonyl (C=O) groups excluding carboxylic acids is 1. The standard InChI is InChI=1S/C26H30N6O3/c1-4-35-22-10-9-18(15-23(22)34-3)16-27-26(33)19-11-13-31(14-12-19)24-25-30-29-17(2)32(25)21-8-6-5-7-20(21)28-24/h5-10,15,19H,4,11-14,16H2,1-3H3,(H,27,33). The second-order valence-corrected chi connectivity index (χ2v) is 8.73. The van der Waals surface area contributed by atoms with Crippen LogP contribution >= 0.6 is 0 Å². The number of fused-ring (bicyclic) bond motifs is 3. The lowest BCUT2D eigenvalue weighted by molar-refractivity contribution is -0.125. The van der Waals surface area contributed by atoms with Crippen LogP contribution in [0.2, 0.25) is 0 Å². The van der Waals surface area contributed by atoms with Gasteiger partial charge in [0.2, 0.25) is 11.6 Å². The van der Waals surface area contributed by atoms with E-state index in [-0.39, 0.29) is 11.8 Å². The van der Waals surface area contributed by atoms with Gasteiger partial charge in [0.1, 0.15) is 5.82 Å². The number of aryl methyl sites for hydroxylation is 1. The molecule has 2 aromatic carbocycles. The molecule has 0 bridgehead atoms. The Kier molecular flexibility index (Phi) is 6.39. The summed E-state index contributed by atoms with van der Waals surface area (Å²) in [6.07, 6.45) is 1.51. The van der Waals surface area contributed by atoms with E-state index in [1.54, 1.807) is 7.11 Å². The van der Waals surface area contributed by atoms with Crippen LogP contribution in [0, 0.1) is 12.8 Å². The highest BCUT2D eigenvalue weighted by Crippen LogP contribution is 2.29. The number of hydrogen-bond acceptors (Lipinski definition) is 7. The van der Waals surface area contributed by atoms with Crippen molar-refractivity contribution in [2.45, 2.75) is 33.2 Å². The zero-order valence-electron chi connectivity index (χ0n) is 20.3. The van der Waals surface area contributed by atoms with Crippen LogP contribution in [0.1, 0.15) is 31.2 Å². The predicted octanol–water partition coefficient (Wildman–Crippen LogP) is 3.53. The van der Waals surface area contributed by atoms with Crippen molar-refractivity contribution in [3.05, 3.63) is 53.9 Å². The number of methoxy groups -OCH3 is 1. The van der Waals surface area contributed by atoms with Crippen LogP contribution in [0.15, 0.2) is 42.5 Å². The molecule has 0 radical (unpaired) electrons. The van der Waals surface area contributed by atoms with Gasteiger partial charge in [-0.2, -0.15) is 0 Å². The van der Waals surface area contributed by atoms with Gasteiger partial charge in [0, 0.05) is 25.6 Å². The zero-order valence-corrected chi connectivity index (χ0v) is 20.3. The SMILES string of the molecule is CCOc1ccc(CNC(=O)C2CCN(c3nc4ccccc4n4c(C)nnc34)CC2)cc1OC. The Labute approximate surface area is 204 Å². The summed E-state index contributed by atoms with van der Waals surface area (Å²) in [4.78, 5) is 20.0. The van der Waals surface area contributed by atoms with Gasteiger partial charge in [0.05, 0.1) is 24.8 Å². The second-order valence-electron chi connectivity index (χ2n) is 8.73. The summed E-state index contributed by atoms with van der Waals surface area (Å²) in [5.74, 6) is 3.07. The number of nitrogens with one attached hydrogen (secondary N) is 1. The van der Waals surface area contributed by atoms with Gasteiger partial charge in [-0.3, -0.25) is 9.20 Å². The molecule has 35 heavy (non-hydrogen) atoms. The van der Waals surface area contributed by atoms with Gasteiger partial charge in [-0.05, 0) is 56.5 Å². The molecule has 182 valence electrons. The van der Waals surface area contributed by atoms with Crippen molar-refractivity contribution in [1.82, 2.24) is 24.9 Å². The molecule has 1 N–H and O–H groups in total. The molecule has 2 aromatic heterocycles. The first-order valence-electron chi connectivity index (χ1n) is 12.0. The largest absolute Gasteiger partial charge is 0.493 e. The number of para-hydroxylation sites is 2. The first-order valence-corrected chi connectivity index (χ1v) is 12.0. The van der Waals surface area contributed by atoms with Crippen LogP contribution < -0.4 is 19.7 Å². The van der Waals surface area contributed by atoms with Crippen LogP contribution in [0.5, 0.6) is 11.5 Å². The van der Waals surface area contributed by atoms with Crippen molar-refractivity contribution >= 4 is 28.4 Å². The number of aromatic nitrogens is 4. The van der Waals surface area contributed by atoms with Crippen molar-refractivity contribution in [3.8, 4) is 11.5 Å². The van der Waals surface area contributed by atoms with Crippen molar-refractivity contribution in [2.75, 3.05) is 31.7 Å². The van der Waals surface area contributed by atoms with Gasteiger partial charge in [0.15, 0.2) is 17.3 Å². The summed E-state index contributed by atoms with van der Waals surface area (Å²) in [6, 6.07) is 13.8. The number of piperidine rings is 1. The fraction of sp³-hybridized carbons (Fsp3) is 0.385. The molecular formula is C26H30N6O3. The number of anilines is 1. The van der Waals surface area contributed by atoms with Crippen molar-refractivity contribution in [1.29, 1.82) is 0 Å². The number of carbonyl (C=O) groups is 1. The fourth-order valence-electron chi connectivity index (χ4n) is 4.70. The van der Waals surface area contributed by atoms with E-state index in [9.17, 15) is 4.79 Å². The maximum Gasteiger partial charge on any atom is 0.223 e. The third-order valence-electron chi connectivity index (χ3n) is 6.53. The van der Waals surface area contributed by atoms with Gasteiger partial charge in [0.25, 0.3) is 0 Å². The first kappa shape index (κ1) is 22.9. The molecule has 1 saturated heterocycles. The molecule has 1 aliphatic rings. The molecule has 3 heterocycles. The minimum atomic E-state index is -0.0353. The van der Waals surface area contributed by atoms with E-state index in [1.165, 1.54) is 0 Å². The molecule has 0 aliphatic carbocycles. The third kappa shape index (κ3) is 4.45. The Balaban J connectivity index is 1.24. The molecule has 0 unspecified atom stereocenters. The second kappa shape index (κ2) is 9.77. The van der Waals surface area contributed by atoms with E-state index >= 15 is 0 Å². The quantitative estimate of drug-likeness (QED) is 0.438. The Morgan fingerprint density at radius 1 is 1.11 bits per heavy atom. The normalized spacial score (nSPS) is 14.4. The Morgan fingerprint density at radius 3 is 2.69 bits per heavy atom. The summed E-state index contributed by atoms with van der Waals surface area (Å²) in [6.45, 7) is 6.39. The van der Waals surface area contributed by atoms with E-state index < -0.39 is 0 Å². The number of ether oxygens (including phenoxy) is 2. The summed E-state index contributed by atoms with van der Waals surface area (Å²) < 4.78 is 13.0. The Bertz CT molecular complexity index is 1360. The van der Waals surface area contributed by atoms with E-state index in [0.29, 0.717) is 24.7 Å². The lowest BCUT2D eigenvalue weighted by Crippen LogP contribution is -2.40. The number of amides is 1. The Morgan fingerprint density at radius 2 is 1.91 bits per heavy atom. The van der Waals surface area contributed by atoms with E-state index in [0.717, 1.165) is 59.8 Å². The lowest BCUT2D eigenvalue weighted by atomic mass is 9.96. The van der Waals surface area contributed by atoms with E-state index in [4.69, 9.17) is 14.5 Å². The van der Waals surface area contributed by atoms with Crippen molar-refractivity contribution < 1.29 is 14.3 Å². The monoisotopic (exact) mass is 474 g/mol. The van der Waals surface area contributed by atoms with Gasteiger partial charge >= 0.3 is 0 Å². The topological polar surface area (TPSA) is 93.9 Å². The summed E-state index contributed by atoms with van der Waals surface area (Å²) in [5.41, 5.74) is 3.63. The number of hydrogen-bond donors (Lipinski definition) is 1. The zero-order chi connectivity index (χ0) is 24.4. The van der Waals surface area contributed by atoms with Crippen LogP contribution in [-0.4, -0.2) is 52.3 Å². The molecule has 1 fully saturated rings. The molecule has 5 rings (SSSR count). The fourth-order valence-corrected chi connectivity index (χ4v) is 4.70. The minimum absolute atomic E-state index is 0.0353. The summed E-state index contributed by atoms with van der Waals surface area (Å²) >= 11 is 0. The van der Waals surface area contributed by atoms with E-state index in [2.05, 4.69) is 24.8 Å². The van der Waals surface area contributed by atoms with Crippen LogP contribution in [0.25, 0.3) is 16.7 Å². The molecule has 9 heteroatoms. The molecular weight excluding hydrogens is 444 g/mol. The maximum absolute atomic E-state index is 12.9. The highest BCUT2D eigenvalue weighted by molar-refractivity contribution is 5.83. The van der Waals surface area contributed by atoms with Gasteiger partial charge in [-0.1, -0.05) is 18.2 Å². The molecule has 0 spiro atoms. The Hall–Kier alpha value is -3.88. The summed E-state index contributed by atoms with van der Waals surface area (Å²) in [5, 5.41) is 11.8. The third-order valence-corrected chi connectivity index (χ3v) is 6.53. The summed E-state index contributed by atoms with van der Waals surface area (Å²) in [7, 11) is 1.62. The lowest BCUT2D eigenvalue weighted by Gasteiger charge is -2.32. The number of rotatable bonds is 7. The minimum Gasteiger partial charge on any atom is -0.493 e. The average Bonchev–Trinajstić information content (AvgIpc) is 3.29. The van der Waals surface area contributed by atoms with Gasteiger partial charge in [-0.25, -0.2) is 4.98 Å². The molecule has 9 nitrogen and oxygen atoms in total. The molecule has 4 aromatic rings. The molecule has 0 saturated carbocycles. The maximum atomic E-state index is 12.9. The van der Waals surface area contributed by atoms with Crippen molar-refractivity contribution in [2.24, 2.45) is 5.92 Å².